The summed E-state index contributed by atoms with van der Waals surface area (Å²) in [5.41, 5.74) is 0.957. The number of ether oxygens (including phenoxy) is 2. The molecule has 1 amide bonds. The average Bonchev–Trinajstić information content (AvgIpc) is 2.62. The molecule has 0 aliphatic heterocycles. The first-order chi connectivity index (χ1) is 12.0. The van der Waals surface area contributed by atoms with E-state index < -0.39 is 5.91 Å². The van der Waals surface area contributed by atoms with Crippen molar-refractivity contribution in [1.82, 2.24) is 0 Å². The van der Waals surface area contributed by atoms with Gasteiger partial charge in [0.2, 0.25) is 0 Å². The number of hydrogen-bond donors (Lipinski definition) is 1. The van der Waals surface area contributed by atoms with E-state index in [1.165, 1.54) is 20.3 Å². The molecule has 0 saturated heterocycles. The van der Waals surface area contributed by atoms with Gasteiger partial charge in [-0.2, -0.15) is 5.26 Å². The van der Waals surface area contributed by atoms with Crippen LogP contribution in [0.25, 0.3) is 6.08 Å². The van der Waals surface area contributed by atoms with E-state index in [1.54, 1.807) is 36.4 Å². The molecule has 0 aliphatic carbocycles. The zero-order chi connectivity index (χ0) is 18.4. The van der Waals surface area contributed by atoms with E-state index >= 15 is 0 Å². The lowest BCUT2D eigenvalue weighted by Crippen LogP contribution is -2.13. The molecule has 25 heavy (non-hydrogen) atoms. The Hall–Kier alpha value is -2.49. The first-order valence-electron chi connectivity index (χ1n) is 7.09. The molecule has 1 N–H and O–H groups in total. The number of carbonyl (C=O) groups is 1. The molecule has 0 spiro atoms. The summed E-state index contributed by atoms with van der Waals surface area (Å²) in [5.74, 6) is 0.462. The summed E-state index contributed by atoms with van der Waals surface area (Å²) >= 11 is 9.41. The van der Waals surface area contributed by atoms with Gasteiger partial charge in [-0.25, -0.2) is 0 Å². The van der Waals surface area contributed by atoms with Crippen LogP contribution in [0.1, 0.15) is 5.56 Å². The van der Waals surface area contributed by atoms with Crippen molar-refractivity contribution in [1.29, 1.82) is 5.26 Å². The standard InChI is InChI=1S/C18H14BrClN2O3/c1-24-16-8-11(13(19)9-17(16)25-2)7-12(10-21)18(23)22-15-6-4-3-5-14(15)20/h3-9H,1-2H3,(H,22,23)/b12-7+. The largest absolute Gasteiger partial charge is 0.493 e. The Morgan fingerprint density at radius 2 is 1.88 bits per heavy atom. The molecule has 2 aromatic rings. The van der Waals surface area contributed by atoms with Gasteiger partial charge in [0, 0.05) is 4.47 Å². The summed E-state index contributed by atoms with van der Waals surface area (Å²) < 4.78 is 11.1. The Morgan fingerprint density at radius 3 is 2.48 bits per heavy atom. The summed E-state index contributed by atoms with van der Waals surface area (Å²) in [6.07, 6.45) is 1.46. The van der Waals surface area contributed by atoms with Crippen molar-refractivity contribution in [3.63, 3.8) is 0 Å². The van der Waals surface area contributed by atoms with Gasteiger partial charge in [-0.15, -0.1) is 0 Å². The third-order valence-corrected chi connectivity index (χ3v) is 4.31. The number of benzene rings is 2. The van der Waals surface area contributed by atoms with Crippen LogP contribution < -0.4 is 14.8 Å². The molecule has 0 bridgehead atoms. The van der Waals surface area contributed by atoms with Crippen molar-refractivity contribution in [2.75, 3.05) is 19.5 Å². The molecular weight excluding hydrogens is 408 g/mol. The van der Waals surface area contributed by atoms with Gasteiger partial charge in [-0.05, 0) is 35.9 Å². The van der Waals surface area contributed by atoms with Crippen molar-refractivity contribution in [3.05, 3.63) is 57.0 Å². The highest BCUT2D eigenvalue weighted by Gasteiger charge is 2.14. The van der Waals surface area contributed by atoms with Gasteiger partial charge in [0.05, 0.1) is 24.9 Å². The number of nitrogens with zero attached hydrogens (tertiary/aromatic N) is 1. The number of hydrogen-bond acceptors (Lipinski definition) is 4. The number of nitrogens with one attached hydrogen (secondary N) is 1. The van der Waals surface area contributed by atoms with Crippen LogP contribution >= 0.6 is 27.5 Å². The van der Waals surface area contributed by atoms with Crippen LogP contribution in [0, 0.1) is 11.3 Å². The third-order valence-electron chi connectivity index (χ3n) is 3.29. The lowest BCUT2D eigenvalue weighted by Gasteiger charge is -2.10. The van der Waals surface area contributed by atoms with Gasteiger partial charge in [0.25, 0.3) is 5.91 Å². The molecule has 2 rings (SSSR count). The average molecular weight is 422 g/mol. The van der Waals surface area contributed by atoms with Crippen LogP contribution in [-0.2, 0) is 4.79 Å². The fourth-order valence-corrected chi connectivity index (χ4v) is 2.66. The van der Waals surface area contributed by atoms with Crippen molar-refractivity contribution >= 4 is 45.2 Å². The van der Waals surface area contributed by atoms with E-state index in [-0.39, 0.29) is 5.57 Å². The van der Waals surface area contributed by atoms with Gasteiger partial charge in [0.1, 0.15) is 11.6 Å². The minimum absolute atomic E-state index is 0.0761. The Kier molecular flexibility index (Phi) is 6.45. The van der Waals surface area contributed by atoms with Crippen LogP contribution in [-0.4, -0.2) is 20.1 Å². The first kappa shape index (κ1) is 18.8. The van der Waals surface area contributed by atoms with E-state index in [4.69, 9.17) is 21.1 Å². The molecular formula is C18H14BrClN2O3. The molecule has 0 heterocycles. The fourth-order valence-electron chi connectivity index (χ4n) is 2.04. The first-order valence-corrected chi connectivity index (χ1v) is 8.26. The number of rotatable bonds is 5. The van der Waals surface area contributed by atoms with Crippen LogP contribution in [0.4, 0.5) is 5.69 Å². The number of nitriles is 1. The molecule has 0 saturated carbocycles. The van der Waals surface area contributed by atoms with Crippen molar-refractivity contribution in [2.24, 2.45) is 0 Å². The number of anilines is 1. The van der Waals surface area contributed by atoms with Crippen LogP contribution in [0.15, 0.2) is 46.4 Å². The predicted molar refractivity (Wildman–Crippen MR) is 101 cm³/mol. The summed E-state index contributed by atoms with van der Waals surface area (Å²) in [7, 11) is 3.03. The van der Waals surface area contributed by atoms with Crippen LogP contribution in [0.3, 0.4) is 0 Å². The predicted octanol–water partition coefficient (Wildman–Crippen LogP) is 4.67. The minimum atomic E-state index is -0.558. The maximum absolute atomic E-state index is 12.4. The molecule has 2 aromatic carbocycles. The van der Waals surface area contributed by atoms with Crippen LogP contribution in [0.5, 0.6) is 11.5 Å². The van der Waals surface area contributed by atoms with Gasteiger partial charge < -0.3 is 14.8 Å². The van der Waals surface area contributed by atoms with E-state index in [0.29, 0.717) is 32.2 Å². The third kappa shape index (κ3) is 4.53. The smallest absolute Gasteiger partial charge is 0.266 e. The zero-order valence-electron chi connectivity index (χ0n) is 13.5. The Bertz CT molecular complexity index is 875. The highest BCUT2D eigenvalue weighted by atomic mass is 79.9. The molecule has 0 atom stereocenters. The maximum Gasteiger partial charge on any atom is 0.266 e. The lowest BCUT2D eigenvalue weighted by atomic mass is 10.1. The van der Waals surface area contributed by atoms with Crippen molar-refractivity contribution < 1.29 is 14.3 Å². The number of amides is 1. The Labute approximate surface area is 158 Å². The topological polar surface area (TPSA) is 71.3 Å². The van der Waals surface area contributed by atoms with Crippen LogP contribution in [0.2, 0.25) is 5.02 Å². The minimum Gasteiger partial charge on any atom is -0.493 e. The van der Waals surface area contributed by atoms with Gasteiger partial charge in [0.15, 0.2) is 11.5 Å². The molecule has 0 aromatic heterocycles. The van der Waals surface area contributed by atoms with Crippen molar-refractivity contribution in [3.8, 4) is 17.6 Å². The highest BCUT2D eigenvalue weighted by molar-refractivity contribution is 9.10. The summed E-state index contributed by atoms with van der Waals surface area (Å²) in [6, 6.07) is 12.1. The van der Waals surface area contributed by atoms with E-state index in [1.807, 2.05) is 6.07 Å². The second-order valence-electron chi connectivity index (χ2n) is 4.83. The second-order valence-corrected chi connectivity index (χ2v) is 6.09. The lowest BCUT2D eigenvalue weighted by molar-refractivity contribution is -0.112. The maximum atomic E-state index is 12.4. The summed E-state index contributed by atoms with van der Waals surface area (Å²) in [6.45, 7) is 0. The second kappa shape index (κ2) is 8.56. The molecule has 128 valence electrons. The number of methoxy groups -OCH3 is 2. The quantitative estimate of drug-likeness (QED) is 0.563. The SMILES string of the molecule is COc1cc(Br)c(/C=C(\C#N)C(=O)Nc2ccccc2Cl)cc1OC. The number of carbonyl (C=O) groups excluding carboxylic acids is 1. The molecule has 7 heteroatoms. The zero-order valence-corrected chi connectivity index (χ0v) is 15.8. The molecule has 0 unspecified atom stereocenters. The highest BCUT2D eigenvalue weighted by Crippen LogP contribution is 2.34. The van der Waals surface area contributed by atoms with Gasteiger partial charge >= 0.3 is 0 Å². The molecule has 0 aliphatic rings. The van der Waals surface area contributed by atoms with Gasteiger partial charge in [-0.1, -0.05) is 39.7 Å². The summed E-state index contributed by atoms with van der Waals surface area (Å²) in [5, 5.41) is 12.3. The van der Waals surface area contributed by atoms with E-state index in [9.17, 15) is 10.1 Å². The van der Waals surface area contributed by atoms with E-state index in [0.717, 1.165) is 0 Å². The molecule has 0 fully saturated rings. The number of para-hydroxylation sites is 1. The van der Waals surface area contributed by atoms with Gasteiger partial charge in [-0.3, -0.25) is 4.79 Å². The van der Waals surface area contributed by atoms with E-state index in [2.05, 4.69) is 21.2 Å². The summed E-state index contributed by atoms with van der Waals surface area (Å²) in [4.78, 5) is 12.4. The van der Waals surface area contributed by atoms with Crippen molar-refractivity contribution in [2.45, 2.75) is 0 Å². The number of halogens is 2. The monoisotopic (exact) mass is 420 g/mol. The normalized spacial score (nSPS) is 10.8. The molecule has 0 radical (unpaired) electrons. The fraction of sp³-hybridized carbons (Fsp3) is 0.111. The molecule has 5 nitrogen and oxygen atoms in total. The Morgan fingerprint density at radius 1 is 1.24 bits per heavy atom. The Balaban J connectivity index is 2.36.